The molecule has 6 heteroatoms. The molecule has 0 aliphatic rings. The van der Waals surface area contributed by atoms with Gasteiger partial charge in [0.05, 0.1) is 12.3 Å². The standard InChI is InChI=1S/C19H31NO4Si/c1-13(2)19(6,7)25-23-12-15-9-8-14(11-20-15)16(21)10-17(22)24-18(3,4)5/h8-9,11,13H,10,12,25H2,1-7H3. The van der Waals surface area contributed by atoms with Gasteiger partial charge in [0.1, 0.15) is 12.0 Å². The van der Waals surface area contributed by atoms with E-state index in [2.05, 4.69) is 32.7 Å². The number of pyridine rings is 1. The van der Waals surface area contributed by atoms with Crippen LogP contribution in [0.15, 0.2) is 18.3 Å². The van der Waals surface area contributed by atoms with Gasteiger partial charge in [0.15, 0.2) is 15.5 Å². The molecular weight excluding hydrogens is 334 g/mol. The summed E-state index contributed by atoms with van der Waals surface area (Å²) in [6.07, 6.45) is 1.23. The van der Waals surface area contributed by atoms with Crippen LogP contribution < -0.4 is 0 Å². The van der Waals surface area contributed by atoms with E-state index in [1.165, 1.54) is 6.20 Å². The van der Waals surface area contributed by atoms with Gasteiger partial charge in [0, 0.05) is 11.8 Å². The molecule has 1 aromatic heterocycles. The number of rotatable bonds is 8. The molecule has 1 heterocycles. The van der Waals surface area contributed by atoms with Gasteiger partial charge in [-0.05, 0) is 43.9 Å². The third-order valence-corrected chi connectivity index (χ3v) is 6.13. The zero-order chi connectivity index (χ0) is 19.3. The summed E-state index contributed by atoms with van der Waals surface area (Å²) in [6.45, 7) is 14.7. The second-order valence-corrected chi connectivity index (χ2v) is 10.9. The van der Waals surface area contributed by atoms with Crippen LogP contribution in [-0.4, -0.2) is 32.1 Å². The van der Waals surface area contributed by atoms with E-state index in [1.807, 2.05) is 0 Å². The maximum absolute atomic E-state index is 12.1. The molecule has 0 saturated heterocycles. The molecule has 0 N–H and O–H groups in total. The highest BCUT2D eigenvalue weighted by molar-refractivity contribution is 6.32. The lowest BCUT2D eigenvalue weighted by Gasteiger charge is -2.28. The highest BCUT2D eigenvalue weighted by Crippen LogP contribution is 2.32. The van der Waals surface area contributed by atoms with E-state index in [0.717, 1.165) is 5.69 Å². The predicted octanol–water partition coefficient (Wildman–Crippen LogP) is 3.45. The monoisotopic (exact) mass is 365 g/mol. The number of ether oxygens (including phenoxy) is 1. The van der Waals surface area contributed by atoms with E-state index in [0.29, 0.717) is 18.1 Å². The average Bonchev–Trinajstić information content (AvgIpc) is 2.45. The van der Waals surface area contributed by atoms with Crippen LogP contribution in [0.5, 0.6) is 0 Å². The molecule has 0 amide bonds. The van der Waals surface area contributed by atoms with Crippen LogP contribution in [0.4, 0.5) is 0 Å². The van der Waals surface area contributed by atoms with Crippen LogP contribution >= 0.6 is 0 Å². The quantitative estimate of drug-likeness (QED) is 0.305. The summed E-state index contributed by atoms with van der Waals surface area (Å²) < 4.78 is 11.0. The maximum atomic E-state index is 12.1. The molecule has 0 saturated carbocycles. The molecule has 0 bridgehead atoms. The molecule has 0 fully saturated rings. The minimum atomic E-state index is -0.677. The van der Waals surface area contributed by atoms with Gasteiger partial charge in [0.25, 0.3) is 0 Å². The third kappa shape index (κ3) is 7.92. The first-order chi connectivity index (χ1) is 11.4. The predicted molar refractivity (Wildman–Crippen MR) is 101 cm³/mol. The lowest BCUT2D eigenvalue weighted by Crippen LogP contribution is -2.25. The topological polar surface area (TPSA) is 65.5 Å². The second-order valence-electron chi connectivity index (χ2n) is 8.36. The molecule has 0 aliphatic heterocycles. The highest BCUT2D eigenvalue weighted by atomic mass is 28.2. The molecule has 1 aromatic rings. The first-order valence-corrected chi connectivity index (χ1v) is 9.97. The van der Waals surface area contributed by atoms with Crippen molar-refractivity contribution in [2.45, 2.75) is 72.1 Å². The fourth-order valence-corrected chi connectivity index (χ4v) is 3.04. The molecule has 25 heavy (non-hydrogen) atoms. The van der Waals surface area contributed by atoms with Crippen molar-refractivity contribution in [1.29, 1.82) is 0 Å². The summed E-state index contributed by atoms with van der Waals surface area (Å²) in [5, 5.41) is 0.239. The SMILES string of the molecule is CC(C)C(C)(C)[SiH2]OCc1ccc(C(=O)CC(=O)OC(C)(C)C)cn1. The lowest BCUT2D eigenvalue weighted by molar-refractivity contribution is -0.153. The van der Waals surface area contributed by atoms with Crippen molar-refractivity contribution >= 4 is 21.5 Å². The largest absolute Gasteiger partial charge is 0.460 e. The Bertz CT molecular complexity index is 588. The molecule has 0 aromatic carbocycles. The number of Topliss-reactive ketones (excluding diaryl/α,β-unsaturated/α-hetero) is 1. The minimum Gasteiger partial charge on any atom is -0.460 e. The Morgan fingerprint density at radius 3 is 2.28 bits per heavy atom. The molecule has 5 nitrogen and oxygen atoms in total. The molecular formula is C19H31NO4Si. The van der Waals surface area contributed by atoms with Gasteiger partial charge < -0.3 is 9.16 Å². The van der Waals surface area contributed by atoms with Gasteiger partial charge in [-0.25, -0.2) is 0 Å². The molecule has 0 atom stereocenters. The van der Waals surface area contributed by atoms with Crippen LogP contribution in [-0.2, 0) is 20.6 Å². The summed E-state index contributed by atoms with van der Waals surface area (Å²) in [7, 11) is -0.677. The summed E-state index contributed by atoms with van der Waals surface area (Å²) in [4.78, 5) is 28.1. The van der Waals surface area contributed by atoms with Crippen molar-refractivity contribution in [3.8, 4) is 0 Å². The van der Waals surface area contributed by atoms with Gasteiger partial charge >= 0.3 is 5.97 Å². The Hall–Kier alpha value is -1.53. The highest BCUT2D eigenvalue weighted by Gasteiger charge is 2.23. The molecule has 0 spiro atoms. The zero-order valence-corrected chi connectivity index (χ0v) is 17.9. The summed E-state index contributed by atoms with van der Waals surface area (Å²) in [6, 6.07) is 3.46. The summed E-state index contributed by atoms with van der Waals surface area (Å²) in [5.74, 6) is -0.226. The Kier molecular flexibility index (Phi) is 7.50. The Morgan fingerprint density at radius 2 is 1.80 bits per heavy atom. The lowest BCUT2D eigenvalue weighted by atomic mass is 9.99. The Labute approximate surface area is 153 Å². The van der Waals surface area contributed by atoms with E-state index in [1.54, 1.807) is 32.9 Å². The fraction of sp³-hybridized carbons (Fsp3) is 0.632. The number of hydrogen-bond donors (Lipinski definition) is 0. The van der Waals surface area contributed by atoms with Gasteiger partial charge in [-0.15, -0.1) is 0 Å². The normalized spacial score (nSPS) is 12.8. The van der Waals surface area contributed by atoms with Gasteiger partial charge in [0.2, 0.25) is 0 Å². The van der Waals surface area contributed by atoms with Crippen LogP contribution in [0.3, 0.4) is 0 Å². The fourth-order valence-electron chi connectivity index (χ4n) is 1.87. The van der Waals surface area contributed by atoms with Crippen LogP contribution in [0, 0.1) is 5.92 Å². The zero-order valence-electron chi connectivity index (χ0n) is 16.5. The molecule has 140 valence electrons. The Morgan fingerprint density at radius 1 is 1.16 bits per heavy atom. The van der Waals surface area contributed by atoms with Crippen molar-refractivity contribution < 1.29 is 18.8 Å². The number of ketones is 1. The van der Waals surface area contributed by atoms with Crippen molar-refractivity contribution in [1.82, 2.24) is 4.98 Å². The summed E-state index contributed by atoms with van der Waals surface area (Å²) >= 11 is 0. The van der Waals surface area contributed by atoms with Crippen LogP contribution in [0.1, 0.15) is 70.9 Å². The van der Waals surface area contributed by atoms with E-state index < -0.39 is 21.3 Å². The first kappa shape index (κ1) is 21.5. The van der Waals surface area contributed by atoms with E-state index >= 15 is 0 Å². The second kappa shape index (κ2) is 8.72. The molecule has 0 unspecified atom stereocenters. The number of esters is 1. The molecule has 0 aliphatic carbocycles. The smallest absolute Gasteiger partial charge is 0.314 e. The minimum absolute atomic E-state index is 0.239. The van der Waals surface area contributed by atoms with E-state index in [-0.39, 0.29) is 17.2 Å². The van der Waals surface area contributed by atoms with Crippen molar-refractivity contribution in [3.05, 3.63) is 29.6 Å². The maximum Gasteiger partial charge on any atom is 0.314 e. The number of aromatic nitrogens is 1. The molecule has 0 radical (unpaired) electrons. The van der Waals surface area contributed by atoms with Crippen molar-refractivity contribution in [3.63, 3.8) is 0 Å². The third-order valence-electron chi connectivity index (χ3n) is 4.16. The Balaban J connectivity index is 2.53. The van der Waals surface area contributed by atoms with E-state index in [4.69, 9.17) is 9.16 Å². The van der Waals surface area contributed by atoms with Gasteiger partial charge in [-0.3, -0.25) is 14.6 Å². The summed E-state index contributed by atoms with van der Waals surface area (Å²) in [5.41, 5.74) is 0.611. The average molecular weight is 366 g/mol. The molecule has 1 rings (SSSR count). The van der Waals surface area contributed by atoms with E-state index in [9.17, 15) is 9.59 Å². The number of carbonyl (C=O) groups is 2. The van der Waals surface area contributed by atoms with Gasteiger partial charge in [-0.1, -0.05) is 27.7 Å². The van der Waals surface area contributed by atoms with Crippen LogP contribution in [0.25, 0.3) is 0 Å². The number of carbonyl (C=O) groups excluding carboxylic acids is 2. The first-order valence-electron chi connectivity index (χ1n) is 8.68. The van der Waals surface area contributed by atoms with Gasteiger partial charge in [-0.2, -0.15) is 0 Å². The number of hydrogen-bond acceptors (Lipinski definition) is 5. The van der Waals surface area contributed by atoms with Crippen LogP contribution in [0.2, 0.25) is 5.04 Å². The van der Waals surface area contributed by atoms with Crippen molar-refractivity contribution in [2.75, 3.05) is 0 Å². The number of nitrogens with zero attached hydrogens (tertiary/aromatic N) is 1. The van der Waals surface area contributed by atoms with Crippen molar-refractivity contribution in [2.24, 2.45) is 5.92 Å².